The molecule has 3 heteroatoms. The van der Waals surface area contributed by atoms with Gasteiger partial charge in [0.1, 0.15) is 5.75 Å². The predicted molar refractivity (Wildman–Crippen MR) is 49.0 cm³/mol. The van der Waals surface area contributed by atoms with E-state index in [-0.39, 0.29) is 0 Å². The van der Waals surface area contributed by atoms with Crippen LogP contribution in [0.3, 0.4) is 0 Å². The van der Waals surface area contributed by atoms with E-state index in [1.54, 1.807) is 38.3 Å². The molecule has 0 aliphatic rings. The van der Waals surface area contributed by atoms with Crippen molar-refractivity contribution < 1.29 is 14.6 Å². The Labute approximate surface area is 77.0 Å². The lowest BCUT2D eigenvalue weighted by molar-refractivity contribution is -0.138. The summed E-state index contributed by atoms with van der Waals surface area (Å²) in [5, 5.41) is 8.73. The smallest absolute Gasteiger partial charge is 0.310 e. The van der Waals surface area contributed by atoms with Crippen molar-refractivity contribution in [1.29, 1.82) is 0 Å². The Hall–Kier alpha value is -1.51. The Bertz CT molecular complexity index is 290. The standard InChI is InChI=1S/C10H12O3/c1-7(10(11)12)8-3-5-9(13-2)6-4-8/h3-7H,1-2H3,(H,11,12)/t7-/m1/s1. The lowest BCUT2D eigenvalue weighted by Gasteiger charge is -2.06. The van der Waals surface area contributed by atoms with Gasteiger partial charge in [-0.05, 0) is 24.6 Å². The van der Waals surface area contributed by atoms with Crippen LogP contribution in [0.2, 0.25) is 0 Å². The molecule has 0 spiro atoms. The predicted octanol–water partition coefficient (Wildman–Crippen LogP) is 1.88. The molecule has 0 fully saturated rings. The number of carboxylic acid groups (broad SMARTS) is 1. The highest BCUT2D eigenvalue weighted by molar-refractivity contribution is 5.75. The minimum absolute atomic E-state index is 0.467. The first-order chi connectivity index (χ1) is 6.15. The van der Waals surface area contributed by atoms with Gasteiger partial charge in [0.15, 0.2) is 0 Å². The van der Waals surface area contributed by atoms with Crippen LogP contribution in [0.15, 0.2) is 24.3 Å². The molecular weight excluding hydrogens is 168 g/mol. The van der Waals surface area contributed by atoms with Crippen LogP contribution in [-0.4, -0.2) is 18.2 Å². The van der Waals surface area contributed by atoms with Crippen LogP contribution >= 0.6 is 0 Å². The van der Waals surface area contributed by atoms with Gasteiger partial charge in [-0.2, -0.15) is 0 Å². The molecule has 0 unspecified atom stereocenters. The fourth-order valence-corrected chi connectivity index (χ4v) is 1.04. The lowest BCUT2D eigenvalue weighted by Crippen LogP contribution is -2.06. The molecule has 0 aliphatic carbocycles. The van der Waals surface area contributed by atoms with E-state index in [9.17, 15) is 4.79 Å². The van der Waals surface area contributed by atoms with Crippen molar-refractivity contribution in [3.8, 4) is 5.75 Å². The van der Waals surface area contributed by atoms with Crippen molar-refractivity contribution in [2.75, 3.05) is 7.11 Å². The molecule has 70 valence electrons. The van der Waals surface area contributed by atoms with E-state index < -0.39 is 11.9 Å². The van der Waals surface area contributed by atoms with Gasteiger partial charge in [0.2, 0.25) is 0 Å². The average Bonchev–Trinajstić information content (AvgIpc) is 2.17. The number of hydrogen-bond donors (Lipinski definition) is 1. The second-order valence-corrected chi connectivity index (χ2v) is 2.83. The summed E-state index contributed by atoms with van der Waals surface area (Å²) in [5.41, 5.74) is 0.785. The van der Waals surface area contributed by atoms with Gasteiger partial charge in [-0.3, -0.25) is 4.79 Å². The summed E-state index contributed by atoms with van der Waals surface area (Å²) in [7, 11) is 1.58. The van der Waals surface area contributed by atoms with E-state index in [1.165, 1.54) is 0 Å². The Morgan fingerprint density at radius 1 is 1.38 bits per heavy atom. The second-order valence-electron chi connectivity index (χ2n) is 2.83. The Morgan fingerprint density at radius 3 is 2.31 bits per heavy atom. The van der Waals surface area contributed by atoms with Crippen LogP contribution in [0, 0.1) is 0 Å². The largest absolute Gasteiger partial charge is 0.497 e. The number of ether oxygens (including phenoxy) is 1. The molecule has 1 aromatic carbocycles. The van der Waals surface area contributed by atoms with Gasteiger partial charge < -0.3 is 9.84 Å². The van der Waals surface area contributed by atoms with E-state index in [4.69, 9.17) is 9.84 Å². The maximum absolute atomic E-state index is 10.6. The molecule has 1 atom stereocenters. The minimum Gasteiger partial charge on any atom is -0.497 e. The fourth-order valence-electron chi connectivity index (χ4n) is 1.04. The summed E-state index contributed by atoms with van der Waals surface area (Å²) < 4.78 is 4.96. The highest BCUT2D eigenvalue weighted by Crippen LogP contribution is 2.18. The van der Waals surface area contributed by atoms with Gasteiger partial charge in [0.05, 0.1) is 13.0 Å². The number of hydrogen-bond acceptors (Lipinski definition) is 2. The zero-order chi connectivity index (χ0) is 9.84. The number of methoxy groups -OCH3 is 1. The number of carbonyl (C=O) groups is 1. The molecule has 1 rings (SSSR count). The third-order valence-electron chi connectivity index (χ3n) is 1.99. The fraction of sp³-hybridized carbons (Fsp3) is 0.300. The Balaban J connectivity index is 2.85. The van der Waals surface area contributed by atoms with Crippen molar-refractivity contribution in [3.05, 3.63) is 29.8 Å². The maximum atomic E-state index is 10.6. The second kappa shape index (κ2) is 3.94. The minimum atomic E-state index is -0.815. The van der Waals surface area contributed by atoms with E-state index in [0.717, 1.165) is 11.3 Å². The normalized spacial score (nSPS) is 12.2. The molecule has 0 saturated carbocycles. The first-order valence-corrected chi connectivity index (χ1v) is 4.02. The van der Waals surface area contributed by atoms with Crippen molar-refractivity contribution in [2.45, 2.75) is 12.8 Å². The van der Waals surface area contributed by atoms with Gasteiger partial charge in [0, 0.05) is 0 Å². The van der Waals surface area contributed by atoms with Crippen LogP contribution < -0.4 is 4.74 Å². The summed E-state index contributed by atoms with van der Waals surface area (Å²) in [4.78, 5) is 10.6. The van der Waals surface area contributed by atoms with E-state index in [1.807, 2.05) is 0 Å². The molecule has 0 amide bonds. The van der Waals surface area contributed by atoms with Crippen molar-refractivity contribution in [1.82, 2.24) is 0 Å². The van der Waals surface area contributed by atoms with E-state index >= 15 is 0 Å². The molecule has 3 nitrogen and oxygen atoms in total. The summed E-state index contributed by atoms with van der Waals surface area (Å²) in [6.07, 6.45) is 0. The molecule has 1 aromatic rings. The first kappa shape index (κ1) is 9.58. The van der Waals surface area contributed by atoms with Crippen LogP contribution in [0.5, 0.6) is 5.75 Å². The number of benzene rings is 1. The summed E-state index contributed by atoms with van der Waals surface area (Å²) >= 11 is 0. The zero-order valence-corrected chi connectivity index (χ0v) is 7.65. The maximum Gasteiger partial charge on any atom is 0.310 e. The lowest BCUT2D eigenvalue weighted by atomic mass is 10.0. The van der Waals surface area contributed by atoms with Gasteiger partial charge in [-0.25, -0.2) is 0 Å². The SMILES string of the molecule is COc1ccc([C@@H](C)C(=O)O)cc1. The highest BCUT2D eigenvalue weighted by Gasteiger charge is 2.12. The topological polar surface area (TPSA) is 46.5 Å². The third-order valence-corrected chi connectivity index (χ3v) is 1.99. The molecule has 0 saturated heterocycles. The Morgan fingerprint density at radius 2 is 1.92 bits per heavy atom. The number of carboxylic acids is 1. The summed E-state index contributed by atoms with van der Waals surface area (Å²) in [5.74, 6) is -0.544. The zero-order valence-electron chi connectivity index (χ0n) is 7.65. The van der Waals surface area contributed by atoms with Crippen molar-refractivity contribution in [2.24, 2.45) is 0 Å². The summed E-state index contributed by atoms with van der Waals surface area (Å²) in [6, 6.07) is 7.04. The Kier molecular flexibility index (Phi) is 2.90. The molecule has 0 radical (unpaired) electrons. The van der Waals surface area contributed by atoms with Crippen molar-refractivity contribution in [3.63, 3.8) is 0 Å². The van der Waals surface area contributed by atoms with Crippen LogP contribution in [0.1, 0.15) is 18.4 Å². The van der Waals surface area contributed by atoms with Gasteiger partial charge in [-0.15, -0.1) is 0 Å². The third kappa shape index (κ3) is 2.21. The van der Waals surface area contributed by atoms with Crippen molar-refractivity contribution >= 4 is 5.97 Å². The monoisotopic (exact) mass is 180 g/mol. The van der Waals surface area contributed by atoms with Gasteiger partial charge >= 0.3 is 5.97 Å². The van der Waals surface area contributed by atoms with Crippen LogP contribution in [0.25, 0.3) is 0 Å². The first-order valence-electron chi connectivity index (χ1n) is 4.02. The van der Waals surface area contributed by atoms with Gasteiger partial charge in [-0.1, -0.05) is 12.1 Å². The highest BCUT2D eigenvalue weighted by atomic mass is 16.5. The molecule has 0 bridgehead atoms. The van der Waals surface area contributed by atoms with Crippen LogP contribution in [-0.2, 0) is 4.79 Å². The molecule has 0 heterocycles. The average molecular weight is 180 g/mol. The molecule has 0 aromatic heterocycles. The summed E-state index contributed by atoms with van der Waals surface area (Å²) in [6.45, 7) is 1.66. The number of aliphatic carboxylic acids is 1. The quantitative estimate of drug-likeness (QED) is 0.772. The van der Waals surface area contributed by atoms with Gasteiger partial charge in [0.25, 0.3) is 0 Å². The molecule has 0 aliphatic heterocycles. The molecule has 13 heavy (non-hydrogen) atoms. The molecule has 1 N–H and O–H groups in total. The van der Waals surface area contributed by atoms with E-state index in [0.29, 0.717) is 0 Å². The van der Waals surface area contributed by atoms with E-state index in [2.05, 4.69) is 0 Å². The van der Waals surface area contributed by atoms with Crippen LogP contribution in [0.4, 0.5) is 0 Å². The number of rotatable bonds is 3. The molecular formula is C10H12O3.